The predicted octanol–water partition coefficient (Wildman–Crippen LogP) is 2.16. The van der Waals surface area contributed by atoms with Crippen molar-refractivity contribution in [3.63, 3.8) is 0 Å². The van der Waals surface area contributed by atoms with Gasteiger partial charge in [-0.1, -0.05) is 13.8 Å². The molecule has 0 radical (unpaired) electrons. The highest BCUT2D eigenvalue weighted by atomic mass is 16.5. The van der Waals surface area contributed by atoms with Crippen LogP contribution in [-0.4, -0.2) is 61.7 Å². The first-order valence-corrected chi connectivity index (χ1v) is 8.17. The van der Waals surface area contributed by atoms with Crippen molar-refractivity contribution in [3.8, 4) is 0 Å². The molecule has 0 bridgehead atoms. The Labute approximate surface area is 124 Å². The van der Waals surface area contributed by atoms with E-state index in [4.69, 9.17) is 9.47 Å². The smallest absolute Gasteiger partial charge is 0.0700 e. The van der Waals surface area contributed by atoms with E-state index in [0.717, 1.165) is 45.9 Å². The fraction of sp³-hybridized carbons (Fsp3) is 1.00. The van der Waals surface area contributed by atoms with Crippen molar-refractivity contribution < 1.29 is 14.6 Å². The minimum absolute atomic E-state index is 0.225. The molecule has 1 rings (SSSR count). The molecule has 1 aliphatic carbocycles. The zero-order valence-electron chi connectivity index (χ0n) is 13.7. The normalized spacial score (nSPS) is 30.9. The first kappa shape index (κ1) is 17.9. The second-order valence-corrected chi connectivity index (χ2v) is 6.04. The van der Waals surface area contributed by atoms with Crippen LogP contribution in [0.5, 0.6) is 0 Å². The van der Waals surface area contributed by atoms with Gasteiger partial charge < -0.3 is 14.6 Å². The van der Waals surface area contributed by atoms with Crippen LogP contribution in [-0.2, 0) is 9.47 Å². The van der Waals surface area contributed by atoms with E-state index in [2.05, 4.69) is 18.7 Å². The molecule has 1 N–H and O–H groups in total. The number of hydrogen-bond donors (Lipinski definition) is 1. The van der Waals surface area contributed by atoms with E-state index in [1.807, 2.05) is 13.8 Å². The molecule has 0 aromatic carbocycles. The summed E-state index contributed by atoms with van der Waals surface area (Å²) < 4.78 is 11.0. The summed E-state index contributed by atoms with van der Waals surface area (Å²) in [7, 11) is 0. The molecule has 0 aromatic heterocycles. The quantitative estimate of drug-likeness (QED) is 0.660. The topological polar surface area (TPSA) is 41.9 Å². The summed E-state index contributed by atoms with van der Waals surface area (Å²) in [6, 6.07) is 0.243. The maximum atomic E-state index is 10.5. The van der Waals surface area contributed by atoms with Gasteiger partial charge in [-0.05, 0) is 38.5 Å². The molecule has 4 atom stereocenters. The molecular formula is C16H33NO3. The highest BCUT2D eigenvalue weighted by Crippen LogP contribution is 2.32. The number of ether oxygens (including phenoxy) is 2. The number of nitrogens with zero attached hydrogens (tertiary/aromatic N) is 1. The van der Waals surface area contributed by atoms with Crippen molar-refractivity contribution in [1.82, 2.24) is 4.90 Å². The molecule has 0 aliphatic heterocycles. The Balaban J connectivity index is 2.58. The van der Waals surface area contributed by atoms with Gasteiger partial charge in [0.05, 0.1) is 19.3 Å². The first-order valence-electron chi connectivity index (χ1n) is 8.17. The van der Waals surface area contributed by atoms with Gasteiger partial charge in [0.15, 0.2) is 0 Å². The van der Waals surface area contributed by atoms with Crippen LogP contribution in [0.3, 0.4) is 0 Å². The average molecular weight is 287 g/mol. The van der Waals surface area contributed by atoms with Crippen LogP contribution in [0.15, 0.2) is 0 Å². The van der Waals surface area contributed by atoms with Crippen molar-refractivity contribution >= 4 is 0 Å². The molecule has 4 unspecified atom stereocenters. The van der Waals surface area contributed by atoms with E-state index in [-0.39, 0.29) is 12.1 Å². The molecule has 4 heteroatoms. The van der Waals surface area contributed by atoms with Gasteiger partial charge in [-0.3, -0.25) is 4.90 Å². The molecule has 0 heterocycles. The molecule has 0 saturated heterocycles. The zero-order chi connectivity index (χ0) is 15.0. The third kappa shape index (κ3) is 5.68. The van der Waals surface area contributed by atoms with Crippen molar-refractivity contribution in [1.29, 1.82) is 0 Å². The Kier molecular flexibility index (Phi) is 8.69. The zero-order valence-corrected chi connectivity index (χ0v) is 13.7. The maximum absolute atomic E-state index is 10.5. The molecule has 0 spiro atoms. The van der Waals surface area contributed by atoms with Crippen LogP contribution in [0.4, 0.5) is 0 Å². The highest BCUT2D eigenvalue weighted by molar-refractivity contribution is 4.89. The maximum Gasteiger partial charge on any atom is 0.0700 e. The van der Waals surface area contributed by atoms with Gasteiger partial charge in [-0.25, -0.2) is 0 Å². The lowest BCUT2D eigenvalue weighted by molar-refractivity contribution is -0.0419. The highest BCUT2D eigenvalue weighted by Gasteiger charge is 2.36. The van der Waals surface area contributed by atoms with Crippen LogP contribution in [0.2, 0.25) is 0 Å². The lowest BCUT2D eigenvalue weighted by Gasteiger charge is -2.43. The summed E-state index contributed by atoms with van der Waals surface area (Å²) >= 11 is 0. The van der Waals surface area contributed by atoms with Crippen LogP contribution < -0.4 is 0 Å². The van der Waals surface area contributed by atoms with Crippen molar-refractivity contribution in [3.05, 3.63) is 0 Å². The Morgan fingerprint density at radius 3 is 2.00 bits per heavy atom. The molecular weight excluding hydrogens is 254 g/mol. The van der Waals surface area contributed by atoms with Gasteiger partial charge in [-0.15, -0.1) is 0 Å². The summed E-state index contributed by atoms with van der Waals surface area (Å²) in [5.74, 6) is 1.15. The van der Waals surface area contributed by atoms with E-state index in [1.165, 1.54) is 6.42 Å². The summed E-state index contributed by atoms with van der Waals surface area (Å²) in [4.78, 5) is 2.37. The standard InChI is InChI=1S/C16H33NO3/c1-5-19-9-7-17(8-10-20-6-2)16-14(4)11-13(3)12-15(16)18/h13-16,18H,5-12H2,1-4H3. The predicted molar refractivity (Wildman–Crippen MR) is 81.9 cm³/mol. The molecule has 0 amide bonds. The second kappa shape index (κ2) is 9.72. The Morgan fingerprint density at radius 1 is 1.00 bits per heavy atom. The largest absolute Gasteiger partial charge is 0.391 e. The minimum Gasteiger partial charge on any atom is -0.391 e. The van der Waals surface area contributed by atoms with Gasteiger partial charge in [-0.2, -0.15) is 0 Å². The Bertz CT molecular complexity index is 228. The van der Waals surface area contributed by atoms with E-state index >= 15 is 0 Å². The Morgan fingerprint density at radius 2 is 1.55 bits per heavy atom. The third-order valence-corrected chi connectivity index (χ3v) is 4.27. The van der Waals surface area contributed by atoms with Crippen molar-refractivity contribution in [2.45, 2.75) is 52.7 Å². The molecule has 1 saturated carbocycles. The number of rotatable bonds is 9. The lowest BCUT2D eigenvalue weighted by atomic mass is 9.77. The minimum atomic E-state index is -0.225. The molecule has 1 aliphatic rings. The van der Waals surface area contributed by atoms with Gasteiger partial charge in [0.2, 0.25) is 0 Å². The summed E-state index contributed by atoms with van der Waals surface area (Å²) in [6.07, 6.45) is 1.88. The number of aliphatic hydroxyl groups is 1. The molecule has 120 valence electrons. The van der Waals surface area contributed by atoms with E-state index in [0.29, 0.717) is 11.8 Å². The summed E-state index contributed by atoms with van der Waals surface area (Å²) in [5, 5.41) is 10.5. The van der Waals surface area contributed by atoms with Crippen molar-refractivity contribution in [2.75, 3.05) is 39.5 Å². The van der Waals surface area contributed by atoms with Crippen molar-refractivity contribution in [2.24, 2.45) is 11.8 Å². The van der Waals surface area contributed by atoms with Gasteiger partial charge in [0.25, 0.3) is 0 Å². The van der Waals surface area contributed by atoms with Crippen LogP contribution in [0, 0.1) is 11.8 Å². The summed E-state index contributed by atoms with van der Waals surface area (Å²) in [6.45, 7) is 13.2. The van der Waals surface area contributed by atoms with E-state index in [9.17, 15) is 5.11 Å². The fourth-order valence-corrected chi connectivity index (χ4v) is 3.47. The average Bonchev–Trinajstić information content (AvgIpc) is 2.37. The molecule has 20 heavy (non-hydrogen) atoms. The Hall–Kier alpha value is -0.160. The lowest BCUT2D eigenvalue weighted by Crippen LogP contribution is -2.53. The SMILES string of the molecule is CCOCCN(CCOCC)C1C(C)CC(C)CC1O. The van der Waals surface area contributed by atoms with Crippen LogP contribution in [0.1, 0.15) is 40.5 Å². The van der Waals surface area contributed by atoms with Gasteiger partial charge in [0.1, 0.15) is 0 Å². The fourth-order valence-electron chi connectivity index (χ4n) is 3.47. The van der Waals surface area contributed by atoms with Crippen LogP contribution in [0.25, 0.3) is 0 Å². The number of hydrogen-bond acceptors (Lipinski definition) is 4. The van der Waals surface area contributed by atoms with Gasteiger partial charge in [0, 0.05) is 32.3 Å². The second-order valence-electron chi connectivity index (χ2n) is 6.04. The molecule has 0 aromatic rings. The van der Waals surface area contributed by atoms with E-state index in [1.54, 1.807) is 0 Å². The molecule has 1 fully saturated rings. The summed E-state index contributed by atoms with van der Waals surface area (Å²) in [5.41, 5.74) is 0. The number of aliphatic hydroxyl groups excluding tert-OH is 1. The monoisotopic (exact) mass is 287 g/mol. The van der Waals surface area contributed by atoms with Crippen LogP contribution >= 0.6 is 0 Å². The van der Waals surface area contributed by atoms with Gasteiger partial charge >= 0.3 is 0 Å². The third-order valence-electron chi connectivity index (χ3n) is 4.27. The van der Waals surface area contributed by atoms with E-state index < -0.39 is 0 Å². The first-order chi connectivity index (χ1) is 9.60. The molecule has 4 nitrogen and oxygen atoms in total.